The van der Waals surface area contributed by atoms with E-state index in [-0.39, 0.29) is 0 Å². The number of nitrogens with one attached hydrogen (secondary N) is 1. The number of nitrogens with zero attached hydrogens (tertiary/aromatic N) is 3. The summed E-state index contributed by atoms with van der Waals surface area (Å²) in [4.78, 5) is 11.1. The highest BCUT2D eigenvalue weighted by Crippen LogP contribution is 2.26. The molecule has 0 aliphatic carbocycles. The largest absolute Gasteiger partial charge is 0.389 e. The zero-order valence-electron chi connectivity index (χ0n) is 15.5. The molecule has 0 bridgehead atoms. The molecule has 1 aliphatic heterocycles. The number of benzene rings is 2. The van der Waals surface area contributed by atoms with E-state index in [1.807, 2.05) is 37.3 Å². The Bertz CT molecular complexity index is 911. The lowest BCUT2D eigenvalue weighted by atomic mass is 9.96. The van der Waals surface area contributed by atoms with Crippen molar-refractivity contribution in [3.8, 4) is 0 Å². The van der Waals surface area contributed by atoms with Crippen LogP contribution in [-0.2, 0) is 19.5 Å². The van der Waals surface area contributed by atoms with Crippen molar-refractivity contribution in [2.75, 3.05) is 16.8 Å². The first-order valence-corrected chi connectivity index (χ1v) is 9.33. The maximum absolute atomic E-state index is 9.78. The fraction of sp³-hybridized carbons (Fsp3) is 0.273. The summed E-state index contributed by atoms with van der Waals surface area (Å²) in [5, 5.41) is 13.2. The van der Waals surface area contributed by atoms with Crippen LogP contribution in [0.5, 0.6) is 0 Å². The van der Waals surface area contributed by atoms with Gasteiger partial charge in [-0.05, 0) is 35.6 Å². The van der Waals surface area contributed by atoms with E-state index in [0.717, 1.165) is 43.3 Å². The summed E-state index contributed by atoms with van der Waals surface area (Å²) >= 11 is 0. The lowest BCUT2D eigenvalue weighted by molar-refractivity contribution is 0.199. The normalized spacial score (nSPS) is 14.5. The first kappa shape index (κ1) is 17.5. The molecule has 0 unspecified atom stereocenters. The van der Waals surface area contributed by atoms with Crippen molar-refractivity contribution in [3.63, 3.8) is 0 Å². The Morgan fingerprint density at radius 3 is 2.74 bits per heavy atom. The minimum Gasteiger partial charge on any atom is -0.389 e. The first-order chi connectivity index (χ1) is 13.2. The number of anilines is 2. The van der Waals surface area contributed by atoms with Crippen LogP contribution in [-0.4, -0.2) is 21.6 Å². The Labute approximate surface area is 159 Å². The molecular formula is C22H24N4O. The lowest BCUT2D eigenvalue weighted by Crippen LogP contribution is -2.31. The number of aromatic nitrogens is 2. The molecule has 138 valence electrons. The number of aliphatic hydroxyl groups excluding tert-OH is 1. The van der Waals surface area contributed by atoms with Gasteiger partial charge in [0, 0.05) is 25.7 Å². The summed E-state index contributed by atoms with van der Waals surface area (Å²) < 4.78 is 0. The molecule has 0 fully saturated rings. The molecule has 0 amide bonds. The van der Waals surface area contributed by atoms with Crippen LogP contribution in [0.1, 0.15) is 35.3 Å². The number of hydrogen-bond acceptors (Lipinski definition) is 5. The van der Waals surface area contributed by atoms with Gasteiger partial charge in [0.05, 0.1) is 6.10 Å². The van der Waals surface area contributed by atoms with E-state index in [9.17, 15) is 5.11 Å². The Kier molecular flexibility index (Phi) is 5.03. The molecule has 3 aromatic rings. The van der Waals surface area contributed by atoms with E-state index in [0.29, 0.717) is 0 Å². The monoisotopic (exact) mass is 360 g/mol. The first-order valence-electron chi connectivity index (χ1n) is 9.33. The number of rotatable bonds is 5. The zero-order valence-corrected chi connectivity index (χ0v) is 15.5. The summed E-state index contributed by atoms with van der Waals surface area (Å²) in [7, 11) is 0. The summed E-state index contributed by atoms with van der Waals surface area (Å²) in [6.45, 7) is 4.28. The Morgan fingerprint density at radius 1 is 1.07 bits per heavy atom. The Hall–Kier alpha value is -2.92. The minimum atomic E-state index is -0.423. The maximum Gasteiger partial charge on any atom is 0.134 e. The van der Waals surface area contributed by atoms with Gasteiger partial charge < -0.3 is 15.3 Å². The highest BCUT2D eigenvalue weighted by molar-refractivity contribution is 5.51. The van der Waals surface area contributed by atoms with E-state index >= 15 is 0 Å². The third-order valence-corrected chi connectivity index (χ3v) is 5.02. The van der Waals surface area contributed by atoms with E-state index in [1.165, 1.54) is 16.7 Å². The molecule has 5 heteroatoms. The number of aliphatic hydroxyl groups is 1. The van der Waals surface area contributed by atoms with Crippen LogP contribution in [0.15, 0.2) is 60.9 Å². The van der Waals surface area contributed by atoms with Crippen molar-refractivity contribution in [3.05, 3.63) is 83.2 Å². The fourth-order valence-corrected chi connectivity index (χ4v) is 3.43. The molecule has 0 radical (unpaired) electrons. The average molecular weight is 360 g/mol. The molecule has 1 atom stereocenters. The van der Waals surface area contributed by atoms with Gasteiger partial charge in [-0.25, -0.2) is 9.97 Å². The molecule has 0 spiro atoms. The second-order valence-electron chi connectivity index (χ2n) is 6.98. The van der Waals surface area contributed by atoms with Crippen molar-refractivity contribution in [2.45, 2.75) is 32.5 Å². The van der Waals surface area contributed by atoms with Crippen molar-refractivity contribution < 1.29 is 5.11 Å². The highest BCUT2D eigenvalue weighted by Gasteiger charge is 2.19. The third-order valence-electron chi connectivity index (χ3n) is 5.02. The average Bonchev–Trinajstić information content (AvgIpc) is 2.72. The molecule has 4 rings (SSSR count). The zero-order chi connectivity index (χ0) is 18.6. The SMILES string of the molecule is C[C@@H](O)c1ccc2c(c1)CCN(c1cc(NCc3ccccc3)ncn1)C2. The minimum absolute atomic E-state index is 0.423. The molecule has 2 N–H and O–H groups in total. The summed E-state index contributed by atoms with van der Waals surface area (Å²) in [5.41, 5.74) is 4.82. The third kappa shape index (κ3) is 4.09. The smallest absolute Gasteiger partial charge is 0.134 e. The van der Waals surface area contributed by atoms with Crippen molar-refractivity contribution in [1.29, 1.82) is 0 Å². The molecule has 5 nitrogen and oxygen atoms in total. The summed E-state index contributed by atoms with van der Waals surface area (Å²) in [6.07, 6.45) is 2.15. The topological polar surface area (TPSA) is 61.3 Å². The molecule has 2 heterocycles. The Morgan fingerprint density at radius 2 is 1.93 bits per heavy atom. The van der Waals surface area contributed by atoms with E-state index in [2.05, 4.69) is 44.5 Å². The predicted octanol–water partition coefficient (Wildman–Crippen LogP) is 3.70. The van der Waals surface area contributed by atoms with Crippen LogP contribution in [0.2, 0.25) is 0 Å². The molecule has 1 aromatic heterocycles. The van der Waals surface area contributed by atoms with Crippen molar-refractivity contribution in [1.82, 2.24) is 9.97 Å². The van der Waals surface area contributed by atoms with Gasteiger partial charge in [-0.1, -0.05) is 48.5 Å². The molecule has 0 saturated carbocycles. The van der Waals surface area contributed by atoms with E-state index < -0.39 is 6.10 Å². The molecular weight excluding hydrogens is 336 g/mol. The van der Waals surface area contributed by atoms with Gasteiger partial charge in [0.1, 0.15) is 18.0 Å². The van der Waals surface area contributed by atoms with E-state index in [4.69, 9.17) is 0 Å². The van der Waals surface area contributed by atoms with Crippen molar-refractivity contribution in [2.24, 2.45) is 0 Å². The van der Waals surface area contributed by atoms with Crippen LogP contribution in [0.4, 0.5) is 11.6 Å². The van der Waals surface area contributed by atoms with Gasteiger partial charge in [0.25, 0.3) is 0 Å². The van der Waals surface area contributed by atoms with Crippen LogP contribution in [0.25, 0.3) is 0 Å². The maximum atomic E-state index is 9.78. The molecule has 2 aromatic carbocycles. The van der Waals surface area contributed by atoms with Crippen molar-refractivity contribution >= 4 is 11.6 Å². The van der Waals surface area contributed by atoms with Gasteiger partial charge in [0.2, 0.25) is 0 Å². The fourth-order valence-electron chi connectivity index (χ4n) is 3.43. The lowest BCUT2D eigenvalue weighted by Gasteiger charge is -2.30. The van der Waals surface area contributed by atoms with Crippen LogP contribution in [0.3, 0.4) is 0 Å². The molecule has 0 saturated heterocycles. The second-order valence-corrected chi connectivity index (χ2v) is 6.98. The quantitative estimate of drug-likeness (QED) is 0.726. The molecule has 1 aliphatic rings. The second kappa shape index (κ2) is 7.76. The van der Waals surface area contributed by atoms with Crippen LogP contribution >= 0.6 is 0 Å². The highest BCUT2D eigenvalue weighted by atomic mass is 16.3. The van der Waals surface area contributed by atoms with Crippen LogP contribution in [0, 0.1) is 0 Å². The summed E-state index contributed by atoms with van der Waals surface area (Å²) in [6, 6.07) is 18.6. The molecule has 27 heavy (non-hydrogen) atoms. The van der Waals surface area contributed by atoms with Gasteiger partial charge in [-0.15, -0.1) is 0 Å². The van der Waals surface area contributed by atoms with Gasteiger partial charge in [-0.3, -0.25) is 0 Å². The van der Waals surface area contributed by atoms with Gasteiger partial charge in [-0.2, -0.15) is 0 Å². The standard InChI is InChI=1S/C22H24N4O/c1-16(27)18-7-8-20-14-26(10-9-19(20)11-18)22-12-21(24-15-25-22)23-13-17-5-3-2-4-6-17/h2-8,11-12,15-16,27H,9-10,13-14H2,1H3,(H,23,24,25)/t16-/m1/s1. The summed E-state index contributed by atoms with van der Waals surface area (Å²) in [5.74, 6) is 1.77. The van der Waals surface area contributed by atoms with Gasteiger partial charge >= 0.3 is 0 Å². The number of fused-ring (bicyclic) bond motifs is 1. The number of hydrogen-bond donors (Lipinski definition) is 2. The van der Waals surface area contributed by atoms with Crippen LogP contribution < -0.4 is 10.2 Å². The van der Waals surface area contributed by atoms with E-state index in [1.54, 1.807) is 6.33 Å². The Balaban J connectivity index is 1.46. The van der Waals surface area contributed by atoms with Gasteiger partial charge in [0.15, 0.2) is 0 Å². The predicted molar refractivity (Wildman–Crippen MR) is 108 cm³/mol.